The first-order valence-electron chi connectivity index (χ1n) is 6.17. The van der Waals surface area contributed by atoms with Crippen LogP contribution in [0.2, 0.25) is 0 Å². The maximum absolute atomic E-state index is 12.3. The molecule has 5 nitrogen and oxygen atoms in total. The lowest BCUT2D eigenvalue weighted by molar-refractivity contribution is 0.102. The third kappa shape index (κ3) is 2.59. The summed E-state index contributed by atoms with van der Waals surface area (Å²) in [6, 6.07) is 6.47. The number of aromatic hydroxyl groups is 1. The van der Waals surface area contributed by atoms with Crippen LogP contribution >= 0.6 is 0 Å². The van der Waals surface area contributed by atoms with E-state index in [0.29, 0.717) is 16.9 Å². The van der Waals surface area contributed by atoms with E-state index in [1.54, 1.807) is 22.9 Å². The minimum absolute atomic E-state index is 0.121. The molecule has 100 valence electrons. The van der Waals surface area contributed by atoms with Crippen LogP contribution in [-0.4, -0.2) is 20.8 Å². The maximum atomic E-state index is 12.3. The van der Waals surface area contributed by atoms with E-state index in [-0.39, 0.29) is 11.7 Å². The minimum atomic E-state index is -0.208. The highest BCUT2D eigenvalue weighted by Gasteiger charge is 2.18. The van der Waals surface area contributed by atoms with E-state index in [1.807, 2.05) is 20.8 Å². The van der Waals surface area contributed by atoms with Gasteiger partial charge in [0.15, 0.2) is 0 Å². The summed E-state index contributed by atoms with van der Waals surface area (Å²) in [5, 5.41) is 16.5. The molecule has 1 aromatic carbocycles. The number of carbonyl (C=O) groups excluding carboxylic acids is 1. The Hall–Kier alpha value is -2.30. The molecule has 2 N–H and O–H groups in total. The Morgan fingerprint density at radius 3 is 2.74 bits per heavy atom. The van der Waals surface area contributed by atoms with E-state index in [4.69, 9.17) is 0 Å². The molecular weight excluding hydrogens is 242 g/mol. The molecule has 2 rings (SSSR count). The van der Waals surface area contributed by atoms with Gasteiger partial charge >= 0.3 is 0 Å². The van der Waals surface area contributed by atoms with Gasteiger partial charge < -0.3 is 10.4 Å². The fraction of sp³-hybridized carbons (Fsp3) is 0.286. The van der Waals surface area contributed by atoms with Crippen LogP contribution in [0.5, 0.6) is 5.75 Å². The van der Waals surface area contributed by atoms with Gasteiger partial charge in [0.1, 0.15) is 5.75 Å². The Balaban J connectivity index is 2.28. The molecule has 0 atom stereocenters. The Labute approximate surface area is 111 Å². The Bertz CT molecular complexity index is 617. The van der Waals surface area contributed by atoms with Gasteiger partial charge in [-0.05, 0) is 32.9 Å². The van der Waals surface area contributed by atoms with Gasteiger partial charge in [0.25, 0.3) is 5.91 Å². The number of phenols is 1. The van der Waals surface area contributed by atoms with Crippen molar-refractivity contribution in [2.75, 3.05) is 5.32 Å². The molecule has 19 heavy (non-hydrogen) atoms. The van der Waals surface area contributed by atoms with Crippen LogP contribution in [0, 0.1) is 13.8 Å². The number of rotatable bonds is 3. The molecule has 2 aromatic rings. The van der Waals surface area contributed by atoms with Crippen LogP contribution in [0.15, 0.2) is 24.3 Å². The van der Waals surface area contributed by atoms with Crippen molar-refractivity contribution in [1.82, 2.24) is 9.78 Å². The molecule has 0 fully saturated rings. The van der Waals surface area contributed by atoms with E-state index in [2.05, 4.69) is 10.4 Å². The fourth-order valence-corrected chi connectivity index (χ4v) is 2.11. The summed E-state index contributed by atoms with van der Waals surface area (Å²) in [5.74, 6) is -0.0872. The van der Waals surface area contributed by atoms with Gasteiger partial charge in [0.05, 0.1) is 11.3 Å². The average molecular weight is 259 g/mol. The molecule has 1 amide bonds. The molecule has 5 heteroatoms. The molecule has 0 aliphatic heterocycles. The normalized spacial score (nSPS) is 10.5. The summed E-state index contributed by atoms with van der Waals surface area (Å²) in [5.41, 5.74) is 2.70. The SMILES string of the molecule is CCn1nc(C)c(C(=O)Nc2cccc(O)c2)c1C. The van der Waals surface area contributed by atoms with E-state index < -0.39 is 0 Å². The molecule has 0 bridgehead atoms. The van der Waals surface area contributed by atoms with Crippen LogP contribution in [0.25, 0.3) is 0 Å². The number of benzene rings is 1. The van der Waals surface area contributed by atoms with Crippen LogP contribution in [0.1, 0.15) is 28.7 Å². The quantitative estimate of drug-likeness (QED) is 0.889. The zero-order valence-electron chi connectivity index (χ0n) is 11.3. The molecule has 0 saturated heterocycles. The maximum Gasteiger partial charge on any atom is 0.259 e. The van der Waals surface area contributed by atoms with Gasteiger partial charge in [-0.2, -0.15) is 5.10 Å². The molecule has 1 heterocycles. The summed E-state index contributed by atoms with van der Waals surface area (Å²) in [6.07, 6.45) is 0. The second kappa shape index (κ2) is 5.14. The minimum Gasteiger partial charge on any atom is -0.508 e. The Kier molecular flexibility index (Phi) is 3.55. The molecule has 0 radical (unpaired) electrons. The van der Waals surface area contributed by atoms with Crippen molar-refractivity contribution in [3.8, 4) is 5.75 Å². The standard InChI is InChI=1S/C14H17N3O2/c1-4-17-10(3)13(9(2)16-17)14(19)15-11-6-5-7-12(18)8-11/h5-8,18H,4H2,1-3H3,(H,15,19). The molecule has 0 spiro atoms. The first-order chi connectivity index (χ1) is 9.02. The highest BCUT2D eigenvalue weighted by atomic mass is 16.3. The molecule has 0 saturated carbocycles. The summed E-state index contributed by atoms with van der Waals surface area (Å²) in [6.45, 7) is 6.40. The van der Waals surface area contributed by atoms with Crippen molar-refractivity contribution in [1.29, 1.82) is 0 Å². The molecule has 0 aliphatic carbocycles. The zero-order chi connectivity index (χ0) is 14.0. The molecular formula is C14H17N3O2. The highest BCUT2D eigenvalue weighted by Crippen LogP contribution is 2.19. The molecule has 1 aromatic heterocycles. The smallest absolute Gasteiger partial charge is 0.259 e. The number of hydrogen-bond donors (Lipinski definition) is 2. The van der Waals surface area contributed by atoms with Gasteiger partial charge in [0.2, 0.25) is 0 Å². The highest BCUT2D eigenvalue weighted by molar-refractivity contribution is 6.05. The van der Waals surface area contributed by atoms with Crippen LogP contribution in [0.3, 0.4) is 0 Å². The average Bonchev–Trinajstić information content (AvgIpc) is 2.64. The van der Waals surface area contributed by atoms with Crippen molar-refractivity contribution in [3.05, 3.63) is 41.2 Å². The number of carbonyl (C=O) groups is 1. The number of phenolic OH excluding ortho intramolecular Hbond substituents is 1. The largest absolute Gasteiger partial charge is 0.508 e. The lowest BCUT2D eigenvalue weighted by Gasteiger charge is -2.06. The Morgan fingerprint density at radius 2 is 2.16 bits per heavy atom. The molecule has 0 aliphatic rings. The van der Waals surface area contributed by atoms with E-state index >= 15 is 0 Å². The zero-order valence-corrected chi connectivity index (χ0v) is 11.3. The number of aromatic nitrogens is 2. The third-order valence-electron chi connectivity index (χ3n) is 3.01. The summed E-state index contributed by atoms with van der Waals surface area (Å²) in [7, 11) is 0. The lowest BCUT2D eigenvalue weighted by atomic mass is 10.1. The third-order valence-corrected chi connectivity index (χ3v) is 3.01. The van der Waals surface area contributed by atoms with Gasteiger partial charge in [-0.3, -0.25) is 9.48 Å². The van der Waals surface area contributed by atoms with Crippen LogP contribution < -0.4 is 5.32 Å². The van der Waals surface area contributed by atoms with Gasteiger partial charge in [0, 0.05) is 24.0 Å². The van der Waals surface area contributed by atoms with E-state index in [9.17, 15) is 9.90 Å². The van der Waals surface area contributed by atoms with Gasteiger partial charge in [-0.1, -0.05) is 6.07 Å². The Morgan fingerprint density at radius 1 is 1.42 bits per heavy atom. The van der Waals surface area contributed by atoms with Crippen molar-refractivity contribution >= 4 is 11.6 Å². The lowest BCUT2D eigenvalue weighted by Crippen LogP contribution is -2.14. The van der Waals surface area contributed by atoms with Crippen LogP contribution in [0.4, 0.5) is 5.69 Å². The van der Waals surface area contributed by atoms with Crippen molar-refractivity contribution in [3.63, 3.8) is 0 Å². The summed E-state index contributed by atoms with van der Waals surface area (Å²) in [4.78, 5) is 12.3. The van der Waals surface area contributed by atoms with Crippen molar-refractivity contribution < 1.29 is 9.90 Å². The number of aryl methyl sites for hydroxylation is 2. The number of nitrogens with zero attached hydrogens (tertiary/aromatic N) is 2. The number of nitrogens with one attached hydrogen (secondary N) is 1. The molecule has 0 unspecified atom stereocenters. The number of hydrogen-bond acceptors (Lipinski definition) is 3. The first kappa shape index (κ1) is 13.1. The summed E-state index contributed by atoms with van der Waals surface area (Å²) >= 11 is 0. The fourth-order valence-electron chi connectivity index (χ4n) is 2.11. The van der Waals surface area contributed by atoms with Crippen LogP contribution in [-0.2, 0) is 6.54 Å². The first-order valence-corrected chi connectivity index (χ1v) is 6.17. The van der Waals surface area contributed by atoms with E-state index in [0.717, 1.165) is 12.2 Å². The predicted octanol–water partition coefficient (Wildman–Crippen LogP) is 2.48. The van der Waals surface area contributed by atoms with Gasteiger partial charge in [-0.15, -0.1) is 0 Å². The van der Waals surface area contributed by atoms with Crippen molar-refractivity contribution in [2.24, 2.45) is 0 Å². The predicted molar refractivity (Wildman–Crippen MR) is 73.4 cm³/mol. The number of amides is 1. The van der Waals surface area contributed by atoms with Gasteiger partial charge in [-0.25, -0.2) is 0 Å². The monoisotopic (exact) mass is 259 g/mol. The van der Waals surface area contributed by atoms with E-state index in [1.165, 1.54) is 6.07 Å². The summed E-state index contributed by atoms with van der Waals surface area (Å²) < 4.78 is 1.80. The topological polar surface area (TPSA) is 67.2 Å². The second-order valence-electron chi connectivity index (χ2n) is 4.37. The van der Waals surface area contributed by atoms with Crippen molar-refractivity contribution in [2.45, 2.75) is 27.3 Å². The number of anilines is 1. The second-order valence-corrected chi connectivity index (χ2v) is 4.37.